The van der Waals surface area contributed by atoms with Crippen molar-refractivity contribution in [2.24, 2.45) is 0 Å². The highest BCUT2D eigenvalue weighted by molar-refractivity contribution is 6.53. The second-order valence-electron chi connectivity index (χ2n) is 7.45. The lowest BCUT2D eigenvalue weighted by Crippen LogP contribution is -2.40. The summed E-state index contributed by atoms with van der Waals surface area (Å²) in [5.74, 6) is -0.356. The second-order valence-corrected chi connectivity index (χ2v) is 7.45. The van der Waals surface area contributed by atoms with E-state index in [9.17, 15) is 14.4 Å². The van der Waals surface area contributed by atoms with E-state index < -0.39 is 11.7 Å². The van der Waals surface area contributed by atoms with E-state index in [2.05, 4.69) is 20.2 Å². The maximum absolute atomic E-state index is 13.5. The number of carbonyl (C=O) groups is 3. The summed E-state index contributed by atoms with van der Waals surface area (Å²) in [5, 5.41) is 2.92. The highest BCUT2D eigenvalue weighted by atomic mass is 16.2. The molecule has 3 aliphatic rings. The molecule has 1 fully saturated rings. The maximum atomic E-state index is 13.5. The summed E-state index contributed by atoms with van der Waals surface area (Å²) in [5.41, 5.74) is 1.68. The molecule has 0 spiro atoms. The van der Waals surface area contributed by atoms with Gasteiger partial charge in [-0.1, -0.05) is 6.07 Å². The number of Topliss-reactive ketones (excluding diaryl/α,β-unsaturated/α-hetero) is 1. The van der Waals surface area contributed by atoms with Crippen LogP contribution in [0.1, 0.15) is 33.6 Å². The number of ketones is 1. The summed E-state index contributed by atoms with van der Waals surface area (Å²) < 4.78 is 0. The molecule has 29 heavy (non-hydrogen) atoms. The molecule has 1 atom stereocenters. The van der Waals surface area contributed by atoms with Crippen molar-refractivity contribution in [3.8, 4) is 0 Å². The zero-order valence-electron chi connectivity index (χ0n) is 16.2. The van der Waals surface area contributed by atoms with Gasteiger partial charge in [0.15, 0.2) is 0 Å². The van der Waals surface area contributed by atoms with Gasteiger partial charge in [-0.05, 0) is 25.0 Å². The molecule has 1 aromatic heterocycles. The number of likely N-dealkylation sites (N-methyl/N-ethyl adjacent to an activating group) is 1. The Hall–Kier alpha value is -3.49. The Morgan fingerprint density at radius 1 is 1.14 bits per heavy atom. The number of hydrogen-bond donors (Lipinski definition) is 1. The SMILES string of the molecule is CNc1ncc2c(n1)N1CCC[C@H]1CN(c1cccc3c1C(=O)C(=O)N3C)C2=O. The van der Waals surface area contributed by atoms with Gasteiger partial charge in [0, 0.05) is 39.4 Å². The van der Waals surface area contributed by atoms with Gasteiger partial charge in [0.05, 0.1) is 16.9 Å². The fraction of sp³-hybridized carbons (Fsp3) is 0.350. The topological polar surface area (TPSA) is 98.7 Å². The monoisotopic (exact) mass is 392 g/mol. The number of aromatic nitrogens is 2. The minimum atomic E-state index is -0.584. The number of fused-ring (bicyclic) bond motifs is 4. The number of benzene rings is 1. The highest BCUT2D eigenvalue weighted by Gasteiger charge is 2.41. The predicted molar refractivity (Wildman–Crippen MR) is 108 cm³/mol. The van der Waals surface area contributed by atoms with Gasteiger partial charge in [0.2, 0.25) is 5.95 Å². The van der Waals surface area contributed by atoms with Crippen LogP contribution in [0.5, 0.6) is 0 Å². The first-order chi connectivity index (χ1) is 14.0. The summed E-state index contributed by atoms with van der Waals surface area (Å²) in [6.45, 7) is 1.23. The van der Waals surface area contributed by atoms with Gasteiger partial charge in [-0.15, -0.1) is 0 Å². The molecule has 0 saturated carbocycles. The molecule has 9 heteroatoms. The number of anilines is 4. The Morgan fingerprint density at radius 2 is 1.93 bits per heavy atom. The zero-order chi connectivity index (χ0) is 20.3. The molecule has 4 heterocycles. The number of hydrogen-bond acceptors (Lipinski definition) is 7. The Morgan fingerprint density at radius 3 is 2.72 bits per heavy atom. The van der Waals surface area contributed by atoms with Crippen molar-refractivity contribution in [3.05, 3.63) is 35.5 Å². The lowest BCUT2D eigenvalue weighted by atomic mass is 10.1. The number of amides is 2. The minimum Gasteiger partial charge on any atom is -0.357 e. The van der Waals surface area contributed by atoms with Crippen LogP contribution < -0.4 is 20.0 Å². The average Bonchev–Trinajstić information content (AvgIpc) is 3.27. The molecule has 1 aromatic carbocycles. The molecule has 0 bridgehead atoms. The van der Waals surface area contributed by atoms with E-state index in [-0.39, 0.29) is 17.5 Å². The van der Waals surface area contributed by atoms with E-state index >= 15 is 0 Å². The molecule has 9 nitrogen and oxygen atoms in total. The van der Waals surface area contributed by atoms with Crippen molar-refractivity contribution >= 4 is 40.7 Å². The molecule has 2 amide bonds. The van der Waals surface area contributed by atoms with Crippen molar-refractivity contribution < 1.29 is 14.4 Å². The van der Waals surface area contributed by atoms with Gasteiger partial charge in [-0.2, -0.15) is 4.98 Å². The molecular formula is C20H20N6O3. The summed E-state index contributed by atoms with van der Waals surface area (Å²) in [6.07, 6.45) is 3.45. The third kappa shape index (κ3) is 2.43. The quantitative estimate of drug-likeness (QED) is 0.769. The highest BCUT2D eigenvalue weighted by Crippen LogP contribution is 2.39. The van der Waals surface area contributed by atoms with Gasteiger partial charge < -0.3 is 20.0 Å². The lowest BCUT2D eigenvalue weighted by Gasteiger charge is -2.27. The number of nitrogens with zero attached hydrogens (tertiary/aromatic N) is 5. The van der Waals surface area contributed by atoms with E-state index in [1.165, 1.54) is 11.1 Å². The molecule has 148 valence electrons. The molecule has 2 aromatic rings. The van der Waals surface area contributed by atoms with Crippen molar-refractivity contribution in [1.29, 1.82) is 0 Å². The van der Waals surface area contributed by atoms with Crippen LogP contribution >= 0.6 is 0 Å². The van der Waals surface area contributed by atoms with Gasteiger partial charge >= 0.3 is 0 Å². The Balaban J connectivity index is 1.67. The summed E-state index contributed by atoms with van der Waals surface area (Å²) in [4.78, 5) is 52.3. The van der Waals surface area contributed by atoms with E-state index in [1.807, 2.05) is 0 Å². The molecule has 0 radical (unpaired) electrons. The lowest BCUT2D eigenvalue weighted by molar-refractivity contribution is -0.114. The van der Waals surface area contributed by atoms with Gasteiger partial charge in [-0.25, -0.2) is 4.98 Å². The van der Waals surface area contributed by atoms with Crippen molar-refractivity contribution in [1.82, 2.24) is 9.97 Å². The fourth-order valence-corrected chi connectivity index (χ4v) is 4.45. The fourth-order valence-electron chi connectivity index (χ4n) is 4.45. The summed E-state index contributed by atoms with van der Waals surface area (Å²) in [6, 6.07) is 5.31. The molecular weight excluding hydrogens is 372 g/mol. The second kappa shape index (κ2) is 6.26. The smallest absolute Gasteiger partial charge is 0.299 e. The number of nitrogens with one attached hydrogen (secondary N) is 1. The molecule has 3 aliphatic heterocycles. The number of rotatable bonds is 2. The van der Waals surface area contributed by atoms with Crippen LogP contribution in [0, 0.1) is 0 Å². The van der Waals surface area contributed by atoms with E-state index in [1.54, 1.807) is 37.2 Å². The van der Waals surface area contributed by atoms with Gasteiger partial charge in [0.1, 0.15) is 11.4 Å². The molecule has 1 N–H and O–H groups in total. The number of carbonyl (C=O) groups excluding carboxylic acids is 3. The normalized spacial score (nSPS) is 20.6. The summed E-state index contributed by atoms with van der Waals surface area (Å²) >= 11 is 0. The zero-order valence-corrected chi connectivity index (χ0v) is 16.2. The van der Waals surface area contributed by atoms with Crippen LogP contribution in [0.2, 0.25) is 0 Å². The third-order valence-electron chi connectivity index (χ3n) is 5.91. The standard InChI is InChI=1S/C20H20N6O3/c1-21-20-22-9-12-17(23-20)25-8-4-5-11(25)10-26(18(12)28)14-7-3-6-13-15(14)16(27)19(29)24(13)2/h3,6-7,9,11H,4-5,8,10H2,1-2H3,(H,21,22,23)/t11-/m0/s1. The third-order valence-corrected chi connectivity index (χ3v) is 5.91. The van der Waals surface area contributed by atoms with Crippen molar-refractivity contribution in [2.45, 2.75) is 18.9 Å². The first-order valence-corrected chi connectivity index (χ1v) is 9.60. The Bertz CT molecular complexity index is 1070. The van der Waals surface area contributed by atoms with Crippen LogP contribution in [0.3, 0.4) is 0 Å². The van der Waals surface area contributed by atoms with Crippen molar-refractivity contribution in [3.63, 3.8) is 0 Å². The van der Waals surface area contributed by atoms with Gasteiger partial charge in [-0.3, -0.25) is 14.4 Å². The minimum absolute atomic E-state index is 0.0839. The first-order valence-electron chi connectivity index (χ1n) is 9.60. The largest absolute Gasteiger partial charge is 0.357 e. The Labute approximate surface area is 167 Å². The average molecular weight is 392 g/mol. The van der Waals surface area contributed by atoms with Gasteiger partial charge in [0.25, 0.3) is 17.6 Å². The Kier molecular flexibility index (Phi) is 3.80. The predicted octanol–water partition coefficient (Wildman–Crippen LogP) is 1.31. The van der Waals surface area contributed by atoms with Crippen LogP contribution in [-0.4, -0.2) is 60.8 Å². The van der Waals surface area contributed by atoms with E-state index in [4.69, 9.17) is 0 Å². The van der Waals surface area contributed by atoms with Crippen LogP contribution in [0.4, 0.5) is 23.1 Å². The van der Waals surface area contributed by atoms with Crippen LogP contribution in [0.25, 0.3) is 0 Å². The maximum Gasteiger partial charge on any atom is 0.299 e. The van der Waals surface area contributed by atoms with Crippen LogP contribution in [0.15, 0.2) is 24.4 Å². The molecule has 5 rings (SSSR count). The first kappa shape index (κ1) is 17.6. The van der Waals surface area contributed by atoms with Crippen LogP contribution in [-0.2, 0) is 4.79 Å². The molecule has 0 unspecified atom stereocenters. The molecule has 1 saturated heterocycles. The molecule has 0 aliphatic carbocycles. The van der Waals surface area contributed by atoms with Crippen molar-refractivity contribution in [2.75, 3.05) is 47.2 Å². The summed E-state index contributed by atoms with van der Waals surface area (Å²) in [7, 11) is 3.31. The van der Waals surface area contributed by atoms with E-state index in [0.717, 1.165) is 19.4 Å². The van der Waals surface area contributed by atoms with E-state index in [0.29, 0.717) is 35.2 Å².